The number of hydrogen-bond donors (Lipinski definition) is 1. The van der Waals surface area contributed by atoms with Crippen LogP contribution in [0.4, 0.5) is 0 Å². The number of nitrogens with one attached hydrogen (secondary N) is 1. The summed E-state index contributed by atoms with van der Waals surface area (Å²) in [6.07, 6.45) is 4.83. The van der Waals surface area contributed by atoms with Gasteiger partial charge in [-0.15, -0.1) is 0 Å². The Morgan fingerprint density at radius 1 is 1.24 bits per heavy atom. The van der Waals surface area contributed by atoms with Crippen molar-refractivity contribution in [2.24, 2.45) is 10.9 Å². The summed E-state index contributed by atoms with van der Waals surface area (Å²) >= 11 is 1.90. The highest BCUT2D eigenvalue weighted by atomic mass is 32.2. The first kappa shape index (κ1) is 14.9. The van der Waals surface area contributed by atoms with Gasteiger partial charge in [-0.1, -0.05) is 52.3 Å². The van der Waals surface area contributed by atoms with Crippen LogP contribution < -0.4 is 5.32 Å². The summed E-state index contributed by atoms with van der Waals surface area (Å²) in [4.78, 5) is 4.88. The number of thioether (sulfide) groups is 1. The van der Waals surface area contributed by atoms with Crippen molar-refractivity contribution in [2.45, 2.75) is 71.9 Å². The van der Waals surface area contributed by atoms with E-state index in [1.807, 2.05) is 11.8 Å². The molecule has 1 heterocycles. The van der Waals surface area contributed by atoms with Crippen LogP contribution in [0.2, 0.25) is 0 Å². The maximum Gasteiger partial charge on any atom is 0.157 e. The van der Waals surface area contributed by atoms with Crippen molar-refractivity contribution >= 4 is 16.9 Å². The van der Waals surface area contributed by atoms with Gasteiger partial charge in [-0.25, -0.2) is 0 Å². The van der Waals surface area contributed by atoms with E-state index in [4.69, 9.17) is 4.99 Å². The van der Waals surface area contributed by atoms with E-state index in [1.165, 1.54) is 36.6 Å². The topological polar surface area (TPSA) is 24.4 Å². The highest BCUT2D eigenvalue weighted by Gasteiger charge is 2.34. The second-order valence-corrected chi connectivity index (χ2v) is 6.12. The van der Waals surface area contributed by atoms with Crippen LogP contribution in [0.5, 0.6) is 0 Å². The highest BCUT2D eigenvalue weighted by molar-refractivity contribution is 8.14. The summed E-state index contributed by atoms with van der Waals surface area (Å²) in [6, 6.07) is 0.449. The van der Waals surface area contributed by atoms with E-state index in [0.29, 0.717) is 11.6 Å². The Bertz CT molecular complexity index is 255. The van der Waals surface area contributed by atoms with Crippen LogP contribution in [-0.4, -0.2) is 22.5 Å². The third-order valence-electron chi connectivity index (χ3n) is 4.26. The predicted molar refractivity (Wildman–Crippen MR) is 79.9 cm³/mol. The van der Waals surface area contributed by atoms with Crippen LogP contribution in [0.25, 0.3) is 0 Å². The van der Waals surface area contributed by atoms with Crippen molar-refractivity contribution in [1.82, 2.24) is 5.32 Å². The van der Waals surface area contributed by atoms with Crippen molar-refractivity contribution in [1.29, 1.82) is 0 Å². The molecule has 0 saturated carbocycles. The number of rotatable bonds is 6. The summed E-state index contributed by atoms with van der Waals surface area (Å²) in [7, 11) is 0. The van der Waals surface area contributed by atoms with Crippen molar-refractivity contribution in [3.05, 3.63) is 0 Å². The zero-order valence-corrected chi connectivity index (χ0v) is 12.9. The van der Waals surface area contributed by atoms with Crippen LogP contribution in [0.1, 0.15) is 60.3 Å². The van der Waals surface area contributed by atoms with Crippen molar-refractivity contribution in [2.75, 3.05) is 5.75 Å². The maximum absolute atomic E-state index is 4.88. The van der Waals surface area contributed by atoms with Gasteiger partial charge in [0.15, 0.2) is 5.17 Å². The van der Waals surface area contributed by atoms with E-state index in [2.05, 4.69) is 39.9 Å². The van der Waals surface area contributed by atoms with E-state index < -0.39 is 0 Å². The minimum Gasteiger partial charge on any atom is -0.359 e. The molecule has 0 aromatic rings. The largest absolute Gasteiger partial charge is 0.359 e. The molecule has 0 aliphatic carbocycles. The Labute approximate surface area is 111 Å². The summed E-state index contributed by atoms with van der Waals surface area (Å²) in [6.45, 7) is 11.3. The number of nitrogens with zero attached hydrogens (tertiary/aromatic N) is 1. The summed E-state index contributed by atoms with van der Waals surface area (Å²) in [5, 5.41) is 4.82. The van der Waals surface area contributed by atoms with Crippen molar-refractivity contribution < 1.29 is 0 Å². The second kappa shape index (κ2) is 6.67. The van der Waals surface area contributed by atoms with Crippen LogP contribution in [0.15, 0.2) is 4.99 Å². The lowest BCUT2D eigenvalue weighted by atomic mass is 9.95. The van der Waals surface area contributed by atoms with E-state index in [0.717, 1.165) is 5.92 Å². The quantitative estimate of drug-likeness (QED) is 0.775. The van der Waals surface area contributed by atoms with E-state index in [9.17, 15) is 0 Å². The number of hydrogen-bond acceptors (Lipinski definition) is 2. The molecule has 1 aliphatic rings. The van der Waals surface area contributed by atoms with Crippen LogP contribution in [-0.2, 0) is 0 Å². The molecule has 0 aromatic heterocycles. The van der Waals surface area contributed by atoms with E-state index in [1.54, 1.807) is 0 Å². The smallest absolute Gasteiger partial charge is 0.157 e. The molecular weight excluding hydrogens is 228 g/mol. The molecule has 1 N–H and O–H groups in total. The third kappa shape index (κ3) is 3.64. The van der Waals surface area contributed by atoms with Gasteiger partial charge >= 0.3 is 0 Å². The van der Waals surface area contributed by atoms with E-state index in [-0.39, 0.29) is 0 Å². The van der Waals surface area contributed by atoms with Crippen LogP contribution in [0, 0.1) is 5.92 Å². The fourth-order valence-corrected chi connectivity index (χ4v) is 3.89. The van der Waals surface area contributed by atoms with Gasteiger partial charge in [0.25, 0.3) is 0 Å². The molecule has 17 heavy (non-hydrogen) atoms. The van der Waals surface area contributed by atoms with Gasteiger partial charge in [-0.2, -0.15) is 0 Å². The average Bonchev–Trinajstić information content (AvgIpc) is 2.75. The normalized spacial score (nSPS) is 23.1. The lowest BCUT2D eigenvalue weighted by molar-refractivity contribution is 0.399. The second-order valence-electron chi connectivity index (χ2n) is 5.15. The first-order chi connectivity index (χ1) is 8.10. The molecule has 0 aromatic carbocycles. The molecule has 0 radical (unpaired) electrons. The first-order valence-electron chi connectivity index (χ1n) is 7.09. The van der Waals surface area contributed by atoms with Gasteiger partial charge in [0.1, 0.15) is 0 Å². The molecule has 1 fully saturated rings. The molecule has 0 amide bonds. The Morgan fingerprint density at radius 3 is 2.24 bits per heavy atom. The lowest BCUT2D eigenvalue weighted by Gasteiger charge is -2.25. The summed E-state index contributed by atoms with van der Waals surface area (Å²) < 4.78 is 0. The minimum atomic E-state index is 0.303. The molecule has 1 aliphatic heterocycles. The Kier molecular flexibility index (Phi) is 5.84. The molecule has 1 saturated heterocycles. The molecule has 3 heteroatoms. The SMILES string of the molecule is CCC(CC)C(C)N=C1NC(CC)(CC)CS1. The van der Waals surface area contributed by atoms with Crippen LogP contribution >= 0.6 is 11.8 Å². The maximum atomic E-state index is 4.88. The standard InChI is InChI=1S/C14H28N2S/c1-6-12(7-2)11(5)15-13-16-14(8-3,9-4)10-17-13/h11-12H,6-10H2,1-5H3,(H,15,16). The van der Waals surface area contributed by atoms with Gasteiger partial charge in [-0.05, 0) is 25.7 Å². The Morgan fingerprint density at radius 2 is 1.82 bits per heavy atom. The summed E-state index contributed by atoms with van der Waals surface area (Å²) in [5.41, 5.74) is 0.303. The minimum absolute atomic E-state index is 0.303. The fourth-order valence-electron chi connectivity index (χ4n) is 2.47. The zero-order valence-electron chi connectivity index (χ0n) is 12.0. The molecule has 0 spiro atoms. The molecule has 100 valence electrons. The predicted octanol–water partition coefficient (Wildman–Crippen LogP) is 4.06. The third-order valence-corrected chi connectivity index (χ3v) is 5.44. The number of amidine groups is 1. The van der Waals surface area contributed by atoms with Gasteiger partial charge in [0.2, 0.25) is 0 Å². The van der Waals surface area contributed by atoms with Crippen LogP contribution in [0.3, 0.4) is 0 Å². The molecule has 1 atom stereocenters. The molecule has 2 nitrogen and oxygen atoms in total. The van der Waals surface area contributed by atoms with Gasteiger partial charge in [-0.3, -0.25) is 4.99 Å². The lowest BCUT2D eigenvalue weighted by Crippen LogP contribution is -2.42. The van der Waals surface area contributed by atoms with Gasteiger partial charge in [0, 0.05) is 11.3 Å². The van der Waals surface area contributed by atoms with E-state index >= 15 is 0 Å². The first-order valence-corrected chi connectivity index (χ1v) is 8.08. The van der Waals surface area contributed by atoms with Gasteiger partial charge < -0.3 is 5.32 Å². The molecule has 1 rings (SSSR count). The Balaban J connectivity index is 2.63. The van der Waals surface area contributed by atoms with Crippen molar-refractivity contribution in [3.63, 3.8) is 0 Å². The number of aliphatic imine (C=N–C) groups is 1. The molecular formula is C14H28N2S. The van der Waals surface area contributed by atoms with Crippen molar-refractivity contribution in [3.8, 4) is 0 Å². The fraction of sp³-hybridized carbons (Fsp3) is 0.929. The summed E-state index contributed by atoms with van der Waals surface area (Å²) in [5.74, 6) is 1.90. The monoisotopic (exact) mass is 256 g/mol. The molecule has 1 unspecified atom stereocenters. The average molecular weight is 256 g/mol. The Hall–Kier alpha value is -0.180. The van der Waals surface area contributed by atoms with Gasteiger partial charge in [0.05, 0.1) is 6.04 Å². The highest BCUT2D eigenvalue weighted by Crippen LogP contribution is 2.30. The zero-order chi connectivity index (χ0) is 12.9. The molecule has 0 bridgehead atoms.